The molecule has 2 rings (SSSR count). The molecule has 2 heterocycles. The van der Waals surface area contributed by atoms with E-state index in [9.17, 15) is 4.79 Å². The second-order valence-corrected chi connectivity index (χ2v) is 5.75. The summed E-state index contributed by atoms with van der Waals surface area (Å²) in [5.41, 5.74) is -0.390. The lowest BCUT2D eigenvalue weighted by molar-refractivity contribution is -0.130. The van der Waals surface area contributed by atoms with Crippen LogP contribution in [0.5, 0.6) is 0 Å². The van der Waals surface area contributed by atoms with Gasteiger partial charge in [0.15, 0.2) is 0 Å². The third-order valence-electron chi connectivity index (χ3n) is 4.60. The van der Waals surface area contributed by atoms with Gasteiger partial charge in [-0.25, -0.2) is 0 Å². The first-order chi connectivity index (χ1) is 9.22. The van der Waals surface area contributed by atoms with Crippen LogP contribution in [0.1, 0.15) is 32.6 Å². The molecular formula is C14H28N4O. The van der Waals surface area contributed by atoms with Gasteiger partial charge in [-0.3, -0.25) is 9.69 Å². The second-order valence-electron chi connectivity index (χ2n) is 5.75. The number of carbonyl (C=O) groups excluding carboxylic acids is 1. The predicted octanol–water partition coefficient (Wildman–Crippen LogP) is -0.0715. The Morgan fingerprint density at radius 2 is 2.16 bits per heavy atom. The van der Waals surface area contributed by atoms with Crippen molar-refractivity contribution in [1.29, 1.82) is 0 Å². The van der Waals surface area contributed by atoms with Gasteiger partial charge in [-0.1, -0.05) is 0 Å². The van der Waals surface area contributed by atoms with E-state index in [4.69, 9.17) is 0 Å². The van der Waals surface area contributed by atoms with E-state index in [1.807, 2.05) is 14.0 Å². The largest absolute Gasteiger partial charge is 0.355 e. The normalized spacial score (nSPS) is 30.2. The highest BCUT2D eigenvalue weighted by atomic mass is 16.2. The molecule has 2 aliphatic rings. The molecule has 0 spiro atoms. The molecule has 1 unspecified atom stereocenters. The molecule has 5 nitrogen and oxygen atoms in total. The molecule has 19 heavy (non-hydrogen) atoms. The molecule has 5 heteroatoms. The molecule has 110 valence electrons. The van der Waals surface area contributed by atoms with Crippen molar-refractivity contribution >= 4 is 5.91 Å². The SMILES string of the molecule is CCNC(=O)C1(NC)CCCN(C2CCNCC2)C1. The number of likely N-dealkylation sites (N-methyl/N-ethyl adjacent to an activating group) is 2. The number of piperidine rings is 2. The molecule has 2 aliphatic heterocycles. The Kier molecular flexibility index (Phi) is 5.19. The number of hydrogen-bond donors (Lipinski definition) is 3. The Morgan fingerprint density at radius 3 is 2.79 bits per heavy atom. The van der Waals surface area contributed by atoms with Crippen LogP contribution in [0.3, 0.4) is 0 Å². The molecule has 0 aromatic carbocycles. The summed E-state index contributed by atoms with van der Waals surface area (Å²) in [7, 11) is 1.92. The third kappa shape index (κ3) is 3.27. The minimum atomic E-state index is -0.390. The van der Waals surface area contributed by atoms with Crippen molar-refractivity contribution in [2.45, 2.75) is 44.2 Å². The van der Waals surface area contributed by atoms with Crippen LogP contribution in [-0.4, -0.2) is 62.2 Å². The fraction of sp³-hybridized carbons (Fsp3) is 0.929. The number of hydrogen-bond acceptors (Lipinski definition) is 4. The lowest BCUT2D eigenvalue weighted by Crippen LogP contribution is -2.65. The zero-order valence-electron chi connectivity index (χ0n) is 12.3. The number of carbonyl (C=O) groups is 1. The maximum absolute atomic E-state index is 12.4. The van der Waals surface area contributed by atoms with E-state index in [-0.39, 0.29) is 11.4 Å². The molecule has 1 amide bonds. The van der Waals surface area contributed by atoms with Crippen LogP contribution in [0.4, 0.5) is 0 Å². The van der Waals surface area contributed by atoms with E-state index in [2.05, 4.69) is 20.9 Å². The summed E-state index contributed by atoms with van der Waals surface area (Å²) in [5.74, 6) is 0.163. The highest BCUT2D eigenvalue weighted by Crippen LogP contribution is 2.25. The van der Waals surface area contributed by atoms with E-state index in [0.717, 1.165) is 39.0 Å². The molecule has 2 saturated heterocycles. The van der Waals surface area contributed by atoms with E-state index >= 15 is 0 Å². The Morgan fingerprint density at radius 1 is 1.42 bits per heavy atom. The monoisotopic (exact) mass is 268 g/mol. The van der Waals surface area contributed by atoms with Crippen molar-refractivity contribution in [1.82, 2.24) is 20.9 Å². The summed E-state index contributed by atoms with van der Waals surface area (Å²) in [6.45, 7) is 6.88. The maximum Gasteiger partial charge on any atom is 0.241 e. The number of amides is 1. The zero-order valence-corrected chi connectivity index (χ0v) is 12.3. The molecule has 0 bridgehead atoms. The standard InChI is InChI=1S/C14H28N4O/c1-3-17-13(19)14(15-2)7-4-10-18(11-14)12-5-8-16-9-6-12/h12,15-16H,3-11H2,1-2H3,(H,17,19). The summed E-state index contributed by atoms with van der Waals surface area (Å²) >= 11 is 0. The first kappa shape index (κ1) is 14.8. The number of likely N-dealkylation sites (tertiary alicyclic amines) is 1. The van der Waals surface area contributed by atoms with Crippen LogP contribution in [0, 0.1) is 0 Å². The predicted molar refractivity (Wildman–Crippen MR) is 77.2 cm³/mol. The number of rotatable bonds is 4. The average molecular weight is 268 g/mol. The van der Waals surface area contributed by atoms with Crippen LogP contribution in [0.25, 0.3) is 0 Å². The van der Waals surface area contributed by atoms with Gasteiger partial charge in [-0.2, -0.15) is 0 Å². The fourth-order valence-electron chi connectivity index (χ4n) is 3.40. The summed E-state index contributed by atoms with van der Waals surface area (Å²) in [6.07, 6.45) is 4.45. The van der Waals surface area contributed by atoms with Gasteiger partial charge in [0.2, 0.25) is 5.91 Å². The van der Waals surface area contributed by atoms with Crippen LogP contribution < -0.4 is 16.0 Å². The van der Waals surface area contributed by atoms with Crippen molar-refractivity contribution in [3.05, 3.63) is 0 Å². The van der Waals surface area contributed by atoms with Crippen molar-refractivity contribution in [3.8, 4) is 0 Å². The summed E-state index contributed by atoms with van der Waals surface area (Å²) < 4.78 is 0. The highest BCUT2D eigenvalue weighted by molar-refractivity contribution is 5.86. The minimum absolute atomic E-state index is 0.163. The van der Waals surface area contributed by atoms with Gasteiger partial charge in [-0.05, 0) is 59.3 Å². The van der Waals surface area contributed by atoms with Crippen LogP contribution in [0.2, 0.25) is 0 Å². The van der Waals surface area contributed by atoms with E-state index in [1.54, 1.807) is 0 Å². The van der Waals surface area contributed by atoms with Crippen LogP contribution in [-0.2, 0) is 4.79 Å². The van der Waals surface area contributed by atoms with Gasteiger partial charge >= 0.3 is 0 Å². The summed E-state index contributed by atoms with van der Waals surface area (Å²) in [4.78, 5) is 14.9. The number of nitrogens with one attached hydrogen (secondary N) is 3. The Hall–Kier alpha value is -0.650. The minimum Gasteiger partial charge on any atom is -0.355 e. The lowest BCUT2D eigenvalue weighted by Gasteiger charge is -2.45. The van der Waals surface area contributed by atoms with Gasteiger partial charge < -0.3 is 16.0 Å². The van der Waals surface area contributed by atoms with E-state index < -0.39 is 0 Å². The Bertz CT molecular complexity index is 304. The highest BCUT2D eigenvalue weighted by Gasteiger charge is 2.42. The van der Waals surface area contributed by atoms with Crippen molar-refractivity contribution < 1.29 is 4.79 Å². The average Bonchev–Trinajstić information content (AvgIpc) is 2.48. The first-order valence-corrected chi connectivity index (χ1v) is 7.64. The summed E-state index contributed by atoms with van der Waals surface area (Å²) in [6, 6.07) is 0.642. The topological polar surface area (TPSA) is 56.4 Å². The smallest absolute Gasteiger partial charge is 0.241 e. The van der Waals surface area contributed by atoms with Crippen LogP contribution in [0.15, 0.2) is 0 Å². The van der Waals surface area contributed by atoms with E-state index in [0.29, 0.717) is 12.6 Å². The van der Waals surface area contributed by atoms with Gasteiger partial charge in [0.25, 0.3) is 0 Å². The Balaban J connectivity index is 2.02. The van der Waals surface area contributed by atoms with Crippen molar-refractivity contribution in [2.24, 2.45) is 0 Å². The molecular weight excluding hydrogens is 240 g/mol. The third-order valence-corrected chi connectivity index (χ3v) is 4.60. The molecule has 0 radical (unpaired) electrons. The van der Waals surface area contributed by atoms with Gasteiger partial charge in [0.1, 0.15) is 5.54 Å². The van der Waals surface area contributed by atoms with Gasteiger partial charge in [0.05, 0.1) is 0 Å². The lowest BCUT2D eigenvalue weighted by atomic mass is 9.86. The molecule has 0 aliphatic carbocycles. The Labute approximate surface area is 116 Å². The van der Waals surface area contributed by atoms with Gasteiger partial charge in [0, 0.05) is 19.1 Å². The summed E-state index contributed by atoms with van der Waals surface area (Å²) in [5, 5.41) is 9.70. The molecule has 0 aromatic rings. The second kappa shape index (κ2) is 6.68. The fourth-order valence-corrected chi connectivity index (χ4v) is 3.40. The van der Waals surface area contributed by atoms with E-state index in [1.165, 1.54) is 12.8 Å². The molecule has 3 N–H and O–H groups in total. The molecule has 1 atom stereocenters. The van der Waals surface area contributed by atoms with Crippen molar-refractivity contribution in [2.75, 3.05) is 39.8 Å². The van der Waals surface area contributed by atoms with Crippen molar-refractivity contribution in [3.63, 3.8) is 0 Å². The molecule has 2 fully saturated rings. The first-order valence-electron chi connectivity index (χ1n) is 7.64. The van der Waals surface area contributed by atoms with Crippen LogP contribution >= 0.6 is 0 Å². The molecule has 0 aromatic heterocycles. The molecule has 0 saturated carbocycles. The quantitative estimate of drug-likeness (QED) is 0.668. The maximum atomic E-state index is 12.4. The number of nitrogens with zero attached hydrogens (tertiary/aromatic N) is 1. The zero-order chi connectivity index (χ0) is 13.7. The van der Waals surface area contributed by atoms with Gasteiger partial charge in [-0.15, -0.1) is 0 Å².